The van der Waals surface area contributed by atoms with Gasteiger partial charge in [0.15, 0.2) is 0 Å². The molecule has 4 nitrogen and oxygen atoms in total. The molecule has 2 saturated carbocycles. The first-order chi connectivity index (χ1) is 9.81. The molecular weight excluding hydrogens is 274 g/mol. The average molecular weight is 296 g/mol. The third kappa shape index (κ3) is 4.06. The number of rotatable bonds is 6. The molecule has 0 atom stereocenters. The molecule has 5 heteroatoms. The summed E-state index contributed by atoms with van der Waals surface area (Å²) >= 11 is 6.03. The SMILES string of the molecule is Clc1cc(NCCOC2CCCCC2)nc(C2CC2)n1. The van der Waals surface area contributed by atoms with Crippen molar-refractivity contribution in [3.8, 4) is 0 Å². The molecule has 0 bridgehead atoms. The van der Waals surface area contributed by atoms with E-state index in [-0.39, 0.29) is 0 Å². The molecule has 20 heavy (non-hydrogen) atoms. The highest BCUT2D eigenvalue weighted by atomic mass is 35.5. The van der Waals surface area contributed by atoms with Crippen molar-refractivity contribution in [2.75, 3.05) is 18.5 Å². The summed E-state index contributed by atoms with van der Waals surface area (Å²) in [4.78, 5) is 8.80. The predicted molar refractivity (Wildman–Crippen MR) is 80.3 cm³/mol. The second kappa shape index (κ2) is 6.72. The van der Waals surface area contributed by atoms with Crippen molar-refractivity contribution in [1.82, 2.24) is 9.97 Å². The number of hydrogen-bond donors (Lipinski definition) is 1. The summed E-state index contributed by atoms with van der Waals surface area (Å²) in [6.07, 6.45) is 9.24. The minimum Gasteiger partial charge on any atom is -0.376 e. The monoisotopic (exact) mass is 295 g/mol. The minimum absolute atomic E-state index is 0.460. The molecule has 1 aromatic rings. The smallest absolute Gasteiger partial charge is 0.135 e. The Bertz CT molecular complexity index is 445. The van der Waals surface area contributed by atoms with Crippen molar-refractivity contribution >= 4 is 17.4 Å². The number of ether oxygens (including phenoxy) is 1. The third-order valence-corrected chi connectivity index (χ3v) is 4.16. The second-order valence-electron chi connectivity index (χ2n) is 5.77. The average Bonchev–Trinajstić information content (AvgIpc) is 3.29. The molecule has 2 fully saturated rings. The van der Waals surface area contributed by atoms with Gasteiger partial charge in [-0.3, -0.25) is 0 Å². The summed E-state index contributed by atoms with van der Waals surface area (Å²) in [6.45, 7) is 1.50. The number of nitrogens with one attached hydrogen (secondary N) is 1. The van der Waals surface area contributed by atoms with Crippen molar-refractivity contribution in [2.45, 2.75) is 57.0 Å². The molecular formula is C15H22ClN3O. The highest BCUT2D eigenvalue weighted by Crippen LogP contribution is 2.38. The van der Waals surface area contributed by atoms with Gasteiger partial charge in [0, 0.05) is 18.5 Å². The number of anilines is 1. The van der Waals surface area contributed by atoms with Gasteiger partial charge in [-0.2, -0.15) is 0 Å². The van der Waals surface area contributed by atoms with E-state index in [1.54, 1.807) is 6.07 Å². The Balaban J connectivity index is 1.43. The number of aromatic nitrogens is 2. The minimum atomic E-state index is 0.460. The Morgan fingerprint density at radius 2 is 1.95 bits per heavy atom. The van der Waals surface area contributed by atoms with Crippen LogP contribution in [0.1, 0.15) is 56.7 Å². The summed E-state index contributed by atoms with van der Waals surface area (Å²) in [6, 6.07) is 1.79. The van der Waals surface area contributed by atoms with Crippen molar-refractivity contribution in [2.24, 2.45) is 0 Å². The Hall–Kier alpha value is -0.870. The van der Waals surface area contributed by atoms with Gasteiger partial charge in [0.25, 0.3) is 0 Å². The standard InChI is InChI=1S/C15H22ClN3O/c16-13-10-14(19-15(18-13)11-6-7-11)17-8-9-20-12-4-2-1-3-5-12/h10-12H,1-9H2,(H,17,18,19). The fraction of sp³-hybridized carbons (Fsp3) is 0.733. The molecule has 3 rings (SSSR count). The van der Waals surface area contributed by atoms with Crippen LogP contribution in [0.5, 0.6) is 0 Å². The first-order valence-corrected chi connectivity index (χ1v) is 8.09. The van der Waals surface area contributed by atoms with Crippen LogP contribution in [0.4, 0.5) is 5.82 Å². The zero-order valence-corrected chi connectivity index (χ0v) is 12.5. The summed E-state index contributed by atoms with van der Waals surface area (Å²) < 4.78 is 5.89. The van der Waals surface area contributed by atoms with Gasteiger partial charge in [-0.25, -0.2) is 9.97 Å². The lowest BCUT2D eigenvalue weighted by molar-refractivity contribution is 0.0347. The molecule has 1 heterocycles. The summed E-state index contributed by atoms with van der Waals surface area (Å²) in [5.74, 6) is 2.22. The molecule has 0 unspecified atom stereocenters. The Kier molecular flexibility index (Phi) is 4.73. The van der Waals surface area contributed by atoms with Gasteiger partial charge in [-0.1, -0.05) is 30.9 Å². The number of nitrogens with zero attached hydrogens (tertiary/aromatic N) is 2. The van der Waals surface area contributed by atoms with Gasteiger partial charge in [0.1, 0.15) is 16.8 Å². The Morgan fingerprint density at radius 1 is 1.15 bits per heavy atom. The fourth-order valence-corrected chi connectivity index (χ4v) is 2.88. The predicted octanol–water partition coefficient (Wildman–Crippen LogP) is 3.77. The van der Waals surface area contributed by atoms with Crippen LogP contribution in [-0.4, -0.2) is 29.2 Å². The zero-order valence-electron chi connectivity index (χ0n) is 11.8. The third-order valence-electron chi connectivity index (χ3n) is 3.97. The molecule has 1 aromatic heterocycles. The van der Waals surface area contributed by atoms with Crippen LogP contribution in [0.2, 0.25) is 5.15 Å². The number of hydrogen-bond acceptors (Lipinski definition) is 4. The Morgan fingerprint density at radius 3 is 2.70 bits per heavy atom. The maximum absolute atomic E-state index is 6.03. The van der Waals surface area contributed by atoms with Gasteiger partial charge in [-0.05, 0) is 25.7 Å². The van der Waals surface area contributed by atoms with E-state index < -0.39 is 0 Å². The molecule has 0 spiro atoms. The zero-order chi connectivity index (χ0) is 13.8. The van der Waals surface area contributed by atoms with Gasteiger partial charge in [-0.15, -0.1) is 0 Å². The lowest BCUT2D eigenvalue weighted by Gasteiger charge is -2.22. The van der Waals surface area contributed by atoms with E-state index in [0.717, 1.165) is 24.8 Å². The van der Waals surface area contributed by atoms with Crippen LogP contribution in [-0.2, 0) is 4.74 Å². The number of halogens is 1. The van der Waals surface area contributed by atoms with Crippen LogP contribution in [0, 0.1) is 0 Å². The van der Waals surface area contributed by atoms with Crippen LogP contribution < -0.4 is 5.32 Å². The van der Waals surface area contributed by atoms with Crippen molar-refractivity contribution < 1.29 is 4.74 Å². The van der Waals surface area contributed by atoms with E-state index in [0.29, 0.717) is 17.2 Å². The molecule has 0 radical (unpaired) electrons. The summed E-state index contributed by atoms with van der Waals surface area (Å²) in [7, 11) is 0. The van der Waals surface area contributed by atoms with Gasteiger partial charge < -0.3 is 10.1 Å². The maximum Gasteiger partial charge on any atom is 0.135 e. The van der Waals surface area contributed by atoms with Gasteiger partial charge in [0.2, 0.25) is 0 Å². The van der Waals surface area contributed by atoms with E-state index in [9.17, 15) is 0 Å². The maximum atomic E-state index is 6.03. The van der Waals surface area contributed by atoms with E-state index in [4.69, 9.17) is 16.3 Å². The van der Waals surface area contributed by atoms with E-state index in [1.807, 2.05) is 0 Å². The lowest BCUT2D eigenvalue weighted by Crippen LogP contribution is -2.20. The second-order valence-corrected chi connectivity index (χ2v) is 6.15. The Labute approximate surface area is 125 Å². The molecule has 2 aliphatic rings. The van der Waals surface area contributed by atoms with Crippen molar-refractivity contribution in [3.05, 3.63) is 17.0 Å². The van der Waals surface area contributed by atoms with Crippen LogP contribution >= 0.6 is 11.6 Å². The van der Waals surface area contributed by atoms with Crippen LogP contribution in [0.15, 0.2) is 6.07 Å². The fourth-order valence-electron chi connectivity index (χ4n) is 2.69. The molecule has 0 aromatic carbocycles. The molecule has 0 aliphatic heterocycles. The topological polar surface area (TPSA) is 47.0 Å². The van der Waals surface area contributed by atoms with E-state index >= 15 is 0 Å². The van der Waals surface area contributed by atoms with Gasteiger partial charge >= 0.3 is 0 Å². The lowest BCUT2D eigenvalue weighted by atomic mass is 9.98. The quantitative estimate of drug-likeness (QED) is 0.641. The highest BCUT2D eigenvalue weighted by Gasteiger charge is 2.27. The molecule has 0 amide bonds. The first-order valence-electron chi connectivity index (χ1n) is 7.71. The van der Waals surface area contributed by atoms with Crippen LogP contribution in [0.3, 0.4) is 0 Å². The van der Waals surface area contributed by atoms with Crippen LogP contribution in [0.25, 0.3) is 0 Å². The normalized spacial score (nSPS) is 20.1. The van der Waals surface area contributed by atoms with E-state index in [2.05, 4.69) is 15.3 Å². The molecule has 1 N–H and O–H groups in total. The largest absolute Gasteiger partial charge is 0.376 e. The van der Waals surface area contributed by atoms with Crippen molar-refractivity contribution in [1.29, 1.82) is 0 Å². The summed E-state index contributed by atoms with van der Waals surface area (Å²) in [5.41, 5.74) is 0. The summed E-state index contributed by atoms with van der Waals surface area (Å²) in [5, 5.41) is 3.81. The molecule has 110 valence electrons. The van der Waals surface area contributed by atoms with Crippen molar-refractivity contribution in [3.63, 3.8) is 0 Å². The first kappa shape index (κ1) is 14.1. The highest BCUT2D eigenvalue weighted by molar-refractivity contribution is 6.29. The van der Waals surface area contributed by atoms with Gasteiger partial charge in [0.05, 0.1) is 12.7 Å². The molecule has 2 aliphatic carbocycles. The van der Waals surface area contributed by atoms with E-state index in [1.165, 1.54) is 44.9 Å². The molecule has 0 saturated heterocycles.